The lowest BCUT2D eigenvalue weighted by Gasteiger charge is -2.40. The van der Waals surface area contributed by atoms with E-state index in [1.807, 2.05) is 18.2 Å². The van der Waals surface area contributed by atoms with Gasteiger partial charge in [0.2, 0.25) is 0 Å². The van der Waals surface area contributed by atoms with Crippen LogP contribution < -0.4 is 0 Å². The van der Waals surface area contributed by atoms with Gasteiger partial charge in [-0.15, -0.1) is 0 Å². The number of amides is 1. The molecule has 0 bridgehead atoms. The summed E-state index contributed by atoms with van der Waals surface area (Å²) in [6.45, 7) is 6.38. The summed E-state index contributed by atoms with van der Waals surface area (Å²) in [5, 5.41) is 0. The van der Waals surface area contributed by atoms with Gasteiger partial charge in [-0.3, -0.25) is 9.69 Å². The number of ether oxygens (including phenoxy) is 2. The van der Waals surface area contributed by atoms with Gasteiger partial charge < -0.3 is 14.4 Å². The van der Waals surface area contributed by atoms with E-state index in [1.54, 1.807) is 19.0 Å². The van der Waals surface area contributed by atoms with Gasteiger partial charge in [-0.2, -0.15) is 0 Å². The smallest absolute Gasteiger partial charge is 0.253 e. The van der Waals surface area contributed by atoms with Crippen molar-refractivity contribution < 1.29 is 14.3 Å². The Morgan fingerprint density at radius 1 is 1.33 bits per heavy atom. The first kappa shape index (κ1) is 17.4. The van der Waals surface area contributed by atoms with Crippen molar-refractivity contribution in [2.24, 2.45) is 5.92 Å². The molecule has 2 heterocycles. The van der Waals surface area contributed by atoms with Crippen LogP contribution in [0.4, 0.5) is 0 Å². The average Bonchev–Trinajstić information content (AvgIpc) is 3.03. The summed E-state index contributed by atoms with van der Waals surface area (Å²) in [5.74, 6) is 0.0236. The summed E-state index contributed by atoms with van der Waals surface area (Å²) in [4.78, 5) is 16.2. The van der Waals surface area contributed by atoms with E-state index in [0.29, 0.717) is 19.1 Å². The van der Waals surface area contributed by atoms with Crippen LogP contribution in [0.5, 0.6) is 0 Å². The Morgan fingerprint density at radius 3 is 2.79 bits per heavy atom. The Bertz CT molecular complexity index is 582. The highest BCUT2D eigenvalue weighted by molar-refractivity contribution is 5.94. The molecule has 3 rings (SSSR count). The minimum atomic E-state index is -0.429. The highest BCUT2D eigenvalue weighted by Gasteiger charge is 2.41. The first-order valence-corrected chi connectivity index (χ1v) is 8.79. The van der Waals surface area contributed by atoms with Crippen molar-refractivity contribution >= 4 is 5.91 Å². The topological polar surface area (TPSA) is 42.0 Å². The molecular weight excluding hydrogens is 304 g/mol. The molecule has 0 N–H and O–H groups in total. The molecule has 0 aromatic heterocycles. The van der Waals surface area contributed by atoms with Gasteiger partial charge >= 0.3 is 0 Å². The second-order valence-corrected chi connectivity index (χ2v) is 7.19. The van der Waals surface area contributed by atoms with Gasteiger partial charge in [0, 0.05) is 38.7 Å². The number of hydrogen-bond acceptors (Lipinski definition) is 4. The van der Waals surface area contributed by atoms with Crippen LogP contribution in [-0.4, -0.2) is 61.9 Å². The zero-order valence-electron chi connectivity index (χ0n) is 15.0. The van der Waals surface area contributed by atoms with E-state index in [-0.39, 0.29) is 5.91 Å². The predicted molar refractivity (Wildman–Crippen MR) is 92.8 cm³/mol. The minimum Gasteiger partial charge on any atom is -0.347 e. The molecular formula is C19H28N2O3. The molecule has 2 aliphatic rings. The molecule has 2 saturated heterocycles. The van der Waals surface area contributed by atoms with Crippen molar-refractivity contribution in [3.8, 4) is 0 Å². The van der Waals surface area contributed by atoms with Crippen LogP contribution >= 0.6 is 0 Å². The van der Waals surface area contributed by atoms with E-state index < -0.39 is 5.79 Å². The second-order valence-electron chi connectivity index (χ2n) is 7.19. The highest BCUT2D eigenvalue weighted by atomic mass is 16.7. The van der Waals surface area contributed by atoms with Crippen LogP contribution in [-0.2, 0) is 16.0 Å². The molecule has 5 heteroatoms. The minimum absolute atomic E-state index is 0.0497. The lowest BCUT2D eigenvalue weighted by molar-refractivity contribution is -0.192. The molecule has 0 spiro atoms. The maximum atomic E-state index is 12.1. The zero-order chi connectivity index (χ0) is 17.2. The number of likely N-dealkylation sites (tertiary alicyclic amines) is 1. The van der Waals surface area contributed by atoms with Crippen molar-refractivity contribution in [3.63, 3.8) is 0 Å². The molecule has 1 aromatic carbocycles. The van der Waals surface area contributed by atoms with E-state index >= 15 is 0 Å². The molecule has 0 radical (unpaired) electrons. The Hall–Kier alpha value is -1.43. The second kappa shape index (κ2) is 7.21. The summed E-state index contributed by atoms with van der Waals surface area (Å²) in [7, 11) is 3.57. The third kappa shape index (κ3) is 3.79. The first-order chi connectivity index (χ1) is 11.5. The summed E-state index contributed by atoms with van der Waals surface area (Å²) < 4.78 is 11.7. The van der Waals surface area contributed by atoms with E-state index in [1.165, 1.54) is 5.56 Å². The van der Waals surface area contributed by atoms with Crippen molar-refractivity contribution in [3.05, 3.63) is 35.4 Å². The first-order valence-electron chi connectivity index (χ1n) is 8.79. The third-order valence-electron chi connectivity index (χ3n) is 5.09. The van der Waals surface area contributed by atoms with Crippen LogP contribution in [0.2, 0.25) is 0 Å². The monoisotopic (exact) mass is 332 g/mol. The molecule has 0 unspecified atom stereocenters. The van der Waals surface area contributed by atoms with Gasteiger partial charge in [-0.25, -0.2) is 0 Å². The van der Waals surface area contributed by atoms with Gasteiger partial charge in [0.1, 0.15) is 0 Å². The molecule has 2 aliphatic heterocycles. The van der Waals surface area contributed by atoms with Crippen LogP contribution in [0, 0.1) is 5.92 Å². The maximum absolute atomic E-state index is 12.1. The van der Waals surface area contributed by atoms with Crippen LogP contribution in [0.1, 0.15) is 35.7 Å². The molecule has 132 valence electrons. The van der Waals surface area contributed by atoms with Gasteiger partial charge in [0.05, 0.1) is 13.2 Å². The van der Waals surface area contributed by atoms with Crippen molar-refractivity contribution in [1.82, 2.24) is 9.80 Å². The normalized spacial score (nSPS) is 24.0. The number of carbonyl (C=O) groups excluding carboxylic acids is 1. The van der Waals surface area contributed by atoms with E-state index in [0.717, 1.165) is 38.0 Å². The number of piperidine rings is 1. The van der Waals surface area contributed by atoms with Gasteiger partial charge in [-0.1, -0.05) is 12.1 Å². The SMILES string of the molecule is CN(C)C(=O)c1cccc(CN2CCC[C@@H](C3(C)OCCO3)C2)c1. The lowest BCUT2D eigenvalue weighted by atomic mass is 9.90. The molecule has 1 aromatic rings. The number of nitrogens with zero attached hydrogens (tertiary/aromatic N) is 2. The maximum Gasteiger partial charge on any atom is 0.253 e. The molecule has 1 amide bonds. The van der Waals surface area contributed by atoms with E-state index in [9.17, 15) is 4.79 Å². The Labute approximate surface area is 144 Å². The number of hydrogen-bond donors (Lipinski definition) is 0. The number of benzene rings is 1. The van der Waals surface area contributed by atoms with Crippen LogP contribution in [0.25, 0.3) is 0 Å². The number of carbonyl (C=O) groups is 1. The molecule has 24 heavy (non-hydrogen) atoms. The fourth-order valence-corrected chi connectivity index (χ4v) is 3.71. The van der Waals surface area contributed by atoms with Crippen molar-refractivity contribution in [1.29, 1.82) is 0 Å². The van der Waals surface area contributed by atoms with Crippen LogP contribution in [0.15, 0.2) is 24.3 Å². The highest BCUT2D eigenvalue weighted by Crippen LogP contribution is 2.34. The van der Waals surface area contributed by atoms with Crippen LogP contribution in [0.3, 0.4) is 0 Å². The van der Waals surface area contributed by atoms with Gasteiger partial charge in [-0.05, 0) is 44.0 Å². The Morgan fingerprint density at radius 2 is 2.08 bits per heavy atom. The van der Waals surface area contributed by atoms with Crippen molar-refractivity contribution in [2.75, 3.05) is 40.4 Å². The zero-order valence-corrected chi connectivity index (χ0v) is 15.0. The number of rotatable bonds is 4. The summed E-state index contributed by atoms with van der Waals surface area (Å²) >= 11 is 0. The molecule has 2 fully saturated rings. The molecule has 5 nitrogen and oxygen atoms in total. The lowest BCUT2D eigenvalue weighted by Crippen LogP contribution is -2.46. The van der Waals surface area contributed by atoms with Gasteiger partial charge in [0.25, 0.3) is 5.91 Å². The average molecular weight is 332 g/mol. The fourth-order valence-electron chi connectivity index (χ4n) is 3.71. The molecule has 1 atom stereocenters. The third-order valence-corrected chi connectivity index (χ3v) is 5.09. The summed E-state index contributed by atoms with van der Waals surface area (Å²) in [5.41, 5.74) is 1.93. The summed E-state index contributed by atoms with van der Waals surface area (Å²) in [6, 6.07) is 7.96. The molecule has 0 aliphatic carbocycles. The molecule has 0 saturated carbocycles. The Kier molecular flexibility index (Phi) is 5.23. The van der Waals surface area contributed by atoms with E-state index in [4.69, 9.17) is 9.47 Å². The van der Waals surface area contributed by atoms with Gasteiger partial charge in [0.15, 0.2) is 5.79 Å². The summed E-state index contributed by atoms with van der Waals surface area (Å²) in [6.07, 6.45) is 2.30. The predicted octanol–water partition coefficient (Wildman–Crippen LogP) is 2.36. The van der Waals surface area contributed by atoms with Crippen molar-refractivity contribution in [2.45, 2.75) is 32.1 Å². The fraction of sp³-hybridized carbons (Fsp3) is 0.632. The largest absolute Gasteiger partial charge is 0.347 e. The van der Waals surface area contributed by atoms with E-state index in [2.05, 4.69) is 17.9 Å². The standard InChI is InChI=1S/C19H28N2O3/c1-19(23-10-11-24-19)17-8-5-9-21(14-17)13-15-6-4-7-16(12-15)18(22)20(2)3/h4,6-7,12,17H,5,8-11,13-14H2,1-3H3/t17-/m1/s1. The quantitative estimate of drug-likeness (QED) is 0.849. The Balaban J connectivity index is 1.65.